The van der Waals surface area contributed by atoms with Crippen molar-refractivity contribution in [3.8, 4) is 0 Å². The molecule has 0 bridgehead atoms. The molecule has 0 aliphatic heterocycles. The van der Waals surface area contributed by atoms with Gasteiger partial charge in [0, 0.05) is 0 Å². The summed E-state index contributed by atoms with van der Waals surface area (Å²) in [6.07, 6.45) is 5.72. The molecule has 0 aromatic heterocycles. The fraction of sp³-hybridized carbons (Fsp3) is 0.0833. The molecular formula is C24H22Ti. The quantitative estimate of drug-likeness (QED) is 0.609. The molecule has 0 atom stereocenters. The van der Waals surface area contributed by atoms with Crippen LogP contribution in [0.25, 0.3) is 0 Å². The first kappa shape index (κ1) is 16.3. The van der Waals surface area contributed by atoms with Crippen LogP contribution in [-0.2, 0) is 16.6 Å². The van der Waals surface area contributed by atoms with Gasteiger partial charge in [-0.15, -0.1) is 0 Å². The van der Waals surface area contributed by atoms with E-state index in [0.717, 1.165) is 6.42 Å². The molecule has 1 aliphatic carbocycles. The first-order valence-electron chi connectivity index (χ1n) is 8.87. The number of benzene rings is 3. The summed E-state index contributed by atoms with van der Waals surface area (Å²) in [6.45, 7) is 2.29. The van der Waals surface area contributed by atoms with Crippen molar-refractivity contribution in [3.63, 3.8) is 0 Å². The van der Waals surface area contributed by atoms with Gasteiger partial charge in [-0.05, 0) is 0 Å². The summed E-state index contributed by atoms with van der Waals surface area (Å²) in [6, 6.07) is 33.6. The molecule has 0 fully saturated rings. The van der Waals surface area contributed by atoms with Crippen LogP contribution in [-0.4, -0.2) is 0 Å². The summed E-state index contributed by atoms with van der Waals surface area (Å²) in [5, 5.41) is 0. The van der Waals surface area contributed by atoms with E-state index < -0.39 is 16.6 Å². The molecule has 1 aliphatic rings. The Morgan fingerprint density at radius 1 is 0.600 bits per heavy atom. The minimum atomic E-state index is -2.93. The fourth-order valence-electron chi connectivity index (χ4n) is 4.15. The van der Waals surface area contributed by atoms with Gasteiger partial charge < -0.3 is 0 Å². The molecule has 3 aromatic rings. The van der Waals surface area contributed by atoms with Crippen LogP contribution in [0.4, 0.5) is 0 Å². The van der Waals surface area contributed by atoms with E-state index in [0.29, 0.717) is 0 Å². The van der Waals surface area contributed by atoms with E-state index in [1.165, 1.54) is 17.2 Å². The summed E-state index contributed by atoms with van der Waals surface area (Å²) in [5.41, 5.74) is 1.46. The predicted octanol–water partition coefficient (Wildman–Crippen LogP) is 4.35. The third kappa shape index (κ3) is 2.76. The predicted molar refractivity (Wildman–Crippen MR) is 105 cm³/mol. The number of rotatable bonds is 4. The topological polar surface area (TPSA) is 0 Å². The average molecular weight is 358 g/mol. The zero-order valence-corrected chi connectivity index (χ0v) is 16.1. The first-order valence-corrected chi connectivity index (χ1v) is 12.0. The Kier molecular flexibility index (Phi) is 4.57. The van der Waals surface area contributed by atoms with Crippen molar-refractivity contribution in [1.29, 1.82) is 0 Å². The summed E-state index contributed by atoms with van der Waals surface area (Å²) in [4.78, 5) is 0. The first-order chi connectivity index (χ1) is 12.3. The molecule has 3 aromatic carbocycles. The Bertz CT molecular complexity index is 809. The Labute approximate surface area is 153 Å². The zero-order chi connectivity index (χ0) is 17.1. The van der Waals surface area contributed by atoms with Gasteiger partial charge in [0.25, 0.3) is 0 Å². The van der Waals surface area contributed by atoms with E-state index in [2.05, 4.69) is 110 Å². The van der Waals surface area contributed by atoms with E-state index in [1.807, 2.05) is 0 Å². The van der Waals surface area contributed by atoms with Crippen molar-refractivity contribution in [2.45, 2.75) is 13.3 Å². The van der Waals surface area contributed by atoms with Crippen LogP contribution in [0.15, 0.2) is 113 Å². The van der Waals surface area contributed by atoms with Gasteiger partial charge in [0.05, 0.1) is 0 Å². The van der Waals surface area contributed by atoms with Crippen LogP contribution in [0.1, 0.15) is 13.3 Å². The van der Waals surface area contributed by atoms with Crippen LogP contribution in [0.5, 0.6) is 0 Å². The van der Waals surface area contributed by atoms with Crippen LogP contribution in [0.2, 0.25) is 0 Å². The van der Waals surface area contributed by atoms with Gasteiger partial charge in [-0.2, -0.15) is 0 Å². The average Bonchev–Trinajstić information content (AvgIpc) is 3.12. The second-order valence-corrected chi connectivity index (χ2v) is 12.6. The molecular weight excluding hydrogens is 336 g/mol. The van der Waals surface area contributed by atoms with Crippen LogP contribution in [0.3, 0.4) is 0 Å². The van der Waals surface area contributed by atoms with E-state index in [-0.39, 0.29) is 0 Å². The minimum absolute atomic E-state index is 1.07. The van der Waals surface area contributed by atoms with Gasteiger partial charge in [-0.1, -0.05) is 0 Å². The van der Waals surface area contributed by atoms with Crippen LogP contribution in [0, 0.1) is 0 Å². The summed E-state index contributed by atoms with van der Waals surface area (Å²) in [5.74, 6) is 0. The summed E-state index contributed by atoms with van der Waals surface area (Å²) >= 11 is -2.93. The van der Waals surface area contributed by atoms with Gasteiger partial charge in [0.15, 0.2) is 0 Å². The van der Waals surface area contributed by atoms with Crippen molar-refractivity contribution < 1.29 is 16.6 Å². The van der Waals surface area contributed by atoms with Crippen molar-refractivity contribution in [1.82, 2.24) is 0 Å². The number of hydrogen-bond donors (Lipinski definition) is 0. The molecule has 0 saturated carbocycles. The van der Waals surface area contributed by atoms with Crippen LogP contribution >= 0.6 is 0 Å². The molecule has 0 radical (unpaired) electrons. The summed E-state index contributed by atoms with van der Waals surface area (Å²) in [7, 11) is 0. The summed E-state index contributed by atoms with van der Waals surface area (Å²) < 4.78 is 6.19. The third-order valence-electron chi connectivity index (χ3n) is 5.24. The maximum atomic E-state index is 2.35. The third-order valence-corrected chi connectivity index (χ3v) is 13.2. The van der Waals surface area contributed by atoms with E-state index in [4.69, 9.17) is 0 Å². The van der Waals surface area contributed by atoms with E-state index in [9.17, 15) is 0 Å². The van der Waals surface area contributed by atoms with E-state index >= 15 is 0 Å². The molecule has 1 heteroatoms. The second kappa shape index (κ2) is 7.00. The van der Waals surface area contributed by atoms with Crippen molar-refractivity contribution in [2.24, 2.45) is 0 Å². The molecule has 0 spiro atoms. The standard InChI is InChI=1S/C6H7.3C6H5.Ti/c1-6-4-2-3-5-6;3*1-2-4-6-5-3-1;/h2,4H,3H2,1H3;3*1-5H;. The Morgan fingerprint density at radius 3 is 1.32 bits per heavy atom. The molecule has 0 nitrogen and oxygen atoms in total. The van der Waals surface area contributed by atoms with Gasteiger partial charge in [0.1, 0.15) is 0 Å². The fourth-order valence-corrected chi connectivity index (χ4v) is 12.3. The molecule has 0 heterocycles. The van der Waals surface area contributed by atoms with Gasteiger partial charge in [0.2, 0.25) is 0 Å². The Balaban J connectivity index is 2.11. The molecule has 0 unspecified atom stereocenters. The Hall–Kier alpha value is -2.15. The molecule has 0 N–H and O–H groups in total. The zero-order valence-electron chi connectivity index (χ0n) is 14.5. The van der Waals surface area contributed by atoms with Crippen molar-refractivity contribution in [3.05, 3.63) is 113 Å². The van der Waals surface area contributed by atoms with Crippen molar-refractivity contribution in [2.75, 3.05) is 0 Å². The normalized spacial score (nSPS) is 14.1. The molecule has 25 heavy (non-hydrogen) atoms. The SMILES string of the molecule is CC1=[C]([Ti]([c]2ccccc2)([c]2ccccc2)[c]2ccccc2)CC=C1. The molecule has 122 valence electrons. The van der Waals surface area contributed by atoms with E-state index in [1.54, 1.807) is 3.88 Å². The van der Waals surface area contributed by atoms with Gasteiger partial charge in [-0.3, -0.25) is 0 Å². The van der Waals surface area contributed by atoms with Gasteiger partial charge >= 0.3 is 154 Å². The monoisotopic (exact) mass is 358 g/mol. The van der Waals surface area contributed by atoms with Crippen LogP contribution < -0.4 is 11.6 Å². The second-order valence-electron chi connectivity index (χ2n) is 6.62. The molecule has 0 amide bonds. The maximum absolute atomic E-state index is 2.93. The number of hydrogen-bond acceptors (Lipinski definition) is 0. The molecule has 4 rings (SSSR count). The number of allylic oxidation sites excluding steroid dienone is 4. The molecule has 0 saturated heterocycles. The Morgan fingerprint density at radius 2 is 1.00 bits per heavy atom. The van der Waals surface area contributed by atoms with Crippen molar-refractivity contribution >= 4 is 11.6 Å². The van der Waals surface area contributed by atoms with Gasteiger partial charge in [-0.25, -0.2) is 0 Å².